The summed E-state index contributed by atoms with van der Waals surface area (Å²) in [5.74, 6) is -2.01. The van der Waals surface area contributed by atoms with Crippen molar-refractivity contribution in [2.24, 2.45) is 0 Å². The zero-order valence-corrected chi connectivity index (χ0v) is 29.1. The van der Waals surface area contributed by atoms with Crippen molar-refractivity contribution in [1.29, 1.82) is 10.5 Å². The van der Waals surface area contributed by atoms with Crippen LogP contribution in [-0.4, -0.2) is 25.1 Å². The molecular formula is C24H11Cl5F12N8S2. The number of alkyl halides is 9. The van der Waals surface area contributed by atoms with Crippen LogP contribution in [0.3, 0.4) is 0 Å². The van der Waals surface area contributed by atoms with E-state index < -0.39 is 84.0 Å². The molecule has 0 unspecified atom stereocenters. The molecule has 0 saturated heterocycles. The number of nitrogens with two attached hydrogens (primary N) is 2. The second-order valence-corrected chi connectivity index (χ2v) is 13.0. The van der Waals surface area contributed by atoms with E-state index in [1.807, 2.05) is 0 Å². The molecule has 27 heteroatoms. The monoisotopic (exact) mass is 878 g/mol. The summed E-state index contributed by atoms with van der Waals surface area (Å²) in [4.78, 5) is 0. The van der Waals surface area contributed by atoms with Gasteiger partial charge >= 0.3 is 17.9 Å². The topological polar surface area (TPSA) is 135 Å². The Balaban J connectivity index is 0.000000310. The predicted molar refractivity (Wildman–Crippen MR) is 170 cm³/mol. The van der Waals surface area contributed by atoms with E-state index in [1.165, 1.54) is 12.1 Å². The van der Waals surface area contributed by atoms with Crippen molar-refractivity contribution >= 4 is 90.9 Å². The fraction of sp³-hybridized carbons (Fsp3) is 0.167. The Kier molecular flexibility index (Phi) is 14.3. The average Bonchev–Trinajstić information content (AvgIpc) is 3.49. The smallest absolute Gasteiger partial charge is 0.384 e. The minimum atomic E-state index is -5.55. The van der Waals surface area contributed by atoms with Crippen molar-refractivity contribution in [1.82, 2.24) is 19.6 Å². The Hall–Kier alpha value is -3.25. The molecular weight excluding hydrogens is 870 g/mol. The minimum absolute atomic E-state index is 0.00506. The zero-order chi connectivity index (χ0) is 39.4. The zero-order valence-electron chi connectivity index (χ0n) is 23.7. The van der Waals surface area contributed by atoms with E-state index in [0.29, 0.717) is 16.8 Å². The van der Waals surface area contributed by atoms with Crippen molar-refractivity contribution in [3.05, 3.63) is 78.5 Å². The van der Waals surface area contributed by atoms with Gasteiger partial charge in [-0.1, -0.05) is 46.4 Å². The van der Waals surface area contributed by atoms with Crippen LogP contribution < -0.4 is 11.5 Å². The van der Waals surface area contributed by atoms with Gasteiger partial charge in [0.05, 0.1) is 47.9 Å². The van der Waals surface area contributed by atoms with E-state index in [4.69, 9.17) is 68.4 Å². The SMILES string of the molecule is FC(F)(F)SCl.N#Cc1cc(N)n(-c2c(Cl)cc(C(F)(F)F)cc2Cl)n1.N#Cc1nn(-c2c(Cl)cc(C(F)(F)F)cc2Cl)c(N)c1CS(F)(F)F. The first-order valence-corrected chi connectivity index (χ1v) is 16.7. The summed E-state index contributed by atoms with van der Waals surface area (Å²) in [6.45, 7) is 0. The minimum Gasteiger partial charge on any atom is -0.384 e. The summed E-state index contributed by atoms with van der Waals surface area (Å²) in [5.41, 5.74) is 3.23. The summed E-state index contributed by atoms with van der Waals surface area (Å²) >= 11 is 17.7. The first-order chi connectivity index (χ1) is 23.1. The molecule has 4 aromatic rings. The fourth-order valence-corrected chi connectivity index (χ4v) is 5.43. The number of hydrogen-bond acceptors (Lipinski definition) is 7. The van der Waals surface area contributed by atoms with Crippen LogP contribution in [0.15, 0.2) is 30.3 Å². The van der Waals surface area contributed by atoms with Gasteiger partial charge in [-0.05, 0) is 34.9 Å². The highest BCUT2D eigenvalue weighted by molar-refractivity contribution is 8.21. The number of nitrogens with zero attached hydrogens (tertiary/aromatic N) is 6. The molecule has 0 saturated carbocycles. The predicted octanol–water partition coefficient (Wildman–Crippen LogP) is 11.7. The standard InChI is InChI=1S/C12H6Cl2F6N4S.C11H5Cl2F3N4.CClF3S/c13-7-1-5(12(15,16)17)2-8(14)10(7)24-11(22)6(4-25(18,19)20)9(3-21)23-24;12-7-1-5(11(14,15)16)2-8(13)10(7)20-9(18)3-6(4-17)19-20;2-6-1(3,4)5/h1-2H,4,22H2;1-3H,18H2;. The van der Waals surface area contributed by atoms with Crippen LogP contribution in [0.2, 0.25) is 20.1 Å². The molecule has 0 fully saturated rings. The molecule has 8 nitrogen and oxygen atoms in total. The van der Waals surface area contributed by atoms with Gasteiger partial charge in [-0.15, -0.1) is 11.7 Å². The van der Waals surface area contributed by atoms with Crippen molar-refractivity contribution in [3.63, 3.8) is 0 Å². The first kappa shape index (κ1) is 43.9. The number of rotatable bonds is 4. The van der Waals surface area contributed by atoms with Crippen LogP contribution >= 0.6 is 79.2 Å². The van der Waals surface area contributed by atoms with Crippen molar-refractivity contribution in [2.45, 2.75) is 23.6 Å². The van der Waals surface area contributed by atoms with Gasteiger partial charge in [-0.25, -0.2) is 9.36 Å². The van der Waals surface area contributed by atoms with E-state index in [0.717, 1.165) is 16.8 Å². The maximum Gasteiger partial charge on any atom is 0.456 e. The summed E-state index contributed by atoms with van der Waals surface area (Å²) in [6.07, 6.45) is -9.30. The highest BCUT2D eigenvalue weighted by atomic mass is 35.7. The highest BCUT2D eigenvalue weighted by Gasteiger charge is 2.35. The maximum absolute atomic E-state index is 12.7. The van der Waals surface area contributed by atoms with E-state index in [2.05, 4.69) is 20.9 Å². The second kappa shape index (κ2) is 16.6. The van der Waals surface area contributed by atoms with Gasteiger partial charge in [0.15, 0.2) is 11.4 Å². The molecule has 278 valence electrons. The number of anilines is 2. The lowest BCUT2D eigenvalue weighted by Gasteiger charge is -2.14. The Morgan fingerprint density at radius 2 is 1.10 bits per heavy atom. The lowest BCUT2D eigenvalue weighted by molar-refractivity contribution is -0.138. The molecule has 51 heavy (non-hydrogen) atoms. The molecule has 0 bridgehead atoms. The lowest BCUT2D eigenvalue weighted by atomic mass is 10.2. The highest BCUT2D eigenvalue weighted by Crippen LogP contribution is 2.57. The molecule has 0 radical (unpaired) electrons. The number of benzene rings is 2. The van der Waals surface area contributed by atoms with Crippen LogP contribution in [-0.2, 0) is 18.1 Å². The number of nitrogen functional groups attached to an aromatic ring is 2. The van der Waals surface area contributed by atoms with E-state index in [1.54, 1.807) is 6.07 Å². The molecule has 0 aliphatic rings. The Morgan fingerprint density at radius 1 is 0.706 bits per heavy atom. The van der Waals surface area contributed by atoms with E-state index in [-0.39, 0.29) is 32.9 Å². The van der Waals surface area contributed by atoms with Crippen molar-refractivity contribution in [3.8, 4) is 23.5 Å². The molecule has 4 rings (SSSR count). The van der Waals surface area contributed by atoms with Gasteiger partial charge in [0.25, 0.3) is 0 Å². The molecule has 0 spiro atoms. The third-order valence-electron chi connectivity index (χ3n) is 5.49. The van der Waals surface area contributed by atoms with Crippen molar-refractivity contribution < 1.29 is 51.2 Å². The molecule has 2 heterocycles. The third kappa shape index (κ3) is 11.9. The Labute approximate surface area is 308 Å². The van der Waals surface area contributed by atoms with Gasteiger partial charge in [0.1, 0.15) is 35.1 Å². The average molecular weight is 881 g/mol. The van der Waals surface area contributed by atoms with Crippen LogP contribution in [0.5, 0.6) is 0 Å². The number of hydrogen-bond donors (Lipinski definition) is 2. The fourth-order valence-electron chi connectivity index (χ4n) is 3.52. The lowest BCUT2D eigenvalue weighted by Crippen LogP contribution is -2.09. The third-order valence-corrected chi connectivity index (χ3v) is 7.96. The van der Waals surface area contributed by atoms with Crippen LogP contribution in [0, 0.1) is 22.7 Å². The molecule has 2 aromatic carbocycles. The quantitative estimate of drug-likeness (QED) is 0.195. The van der Waals surface area contributed by atoms with E-state index >= 15 is 0 Å². The molecule has 4 N–H and O–H groups in total. The molecule has 2 aromatic heterocycles. The number of nitriles is 2. The number of aromatic nitrogens is 4. The van der Waals surface area contributed by atoms with Gasteiger partial charge in [-0.3, -0.25) is 0 Å². The maximum atomic E-state index is 12.7. The summed E-state index contributed by atoms with van der Waals surface area (Å²) < 4.78 is 148. The second-order valence-electron chi connectivity index (χ2n) is 8.96. The van der Waals surface area contributed by atoms with Gasteiger partial charge in [0, 0.05) is 11.6 Å². The van der Waals surface area contributed by atoms with Gasteiger partial charge < -0.3 is 11.5 Å². The molecule has 0 aliphatic carbocycles. The summed E-state index contributed by atoms with van der Waals surface area (Å²) in [7, 11) is 3.62. The van der Waals surface area contributed by atoms with Crippen LogP contribution in [0.25, 0.3) is 11.4 Å². The largest absolute Gasteiger partial charge is 0.456 e. The van der Waals surface area contributed by atoms with Crippen LogP contribution in [0.1, 0.15) is 28.1 Å². The summed E-state index contributed by atoms with van der Waals surface area (Å²) in [6, 6.07) is 6.97. The Bertz CT molecular complexity index is 1930. The summed E-state index contributed by atoms with van der Waals surface area (Å²) in [5, 5.41) is 23.4. The molecule has 0 aliphatic heterocycles. The first-order valence-electron chi connectivity index (χ1n) is 12.1. The van der Waals surface area contributed by atoms with Crippen LogP contribution in [0.4, 0.5) is 62.8 Å². The molecule has 0 atom stereocenters. The van der Waals surface area contributed by atoms with Gasteiger partial charge in [-0.2, -0.15) is 60.2 Å². The van der Waals surface area contributed by atoms with E-state index in [9.17, 15) is 51.2 Å². The molecule has 0 amide bonds. The van der Waals surface area contributed by atoms with Crippen molar-refractivity contribution in [2.75, 3.05) is 11.5 Å². The van der Waals surface area contributed by atoms with Gasteiger partial charge in [0.2, 0.25) is 11.2 Å². The number of halogens is 17. The normalized spacial score (nSPS) is 12.2. The Morgan fingerprint density at radius 3 is 1.39 bits per heavy atom.